The average molecular weight is 381 g/mol. The molecule has 1 heterocycles. The van der Waals surface area contributed by atoms with Crippen molar-refractivity contribution in [3.63, 3.8) is 0 Å². The van der Waals surface area contributed by atoms with Crippen LogP contribution in [0, 0.1) is 0 Å². The highest BCUT2D eigenvalue weighted by atomic mass is 32.2. The van der Waals surface area contributed by atoms with E-state index in [2.05, 4.69) is 10.9 Å². The lowest BCUT2D eigenvalue weighted by Gasteiger charge is -2.16. The Kier molecular flexibility index (Phi) is 7.58. The molecule has 1 aliphatic rings. The topological polar surface area (TPSA) is 97.0 Å². The standard InChI is InChI=1S/C17H23N3O5S/c1-3-24-13-4-6-14(7-5-13)25-12(2)16(22)19-18-15(21)8-9-20-10-11-26-17(20)23/h4-7,12H,3,8-11H2,1-2H3,(H,18,21)(H,19,22). The first kappa shape index (κ1) is 19.9. The van der Waals surface area contributed by atoms with Crippen molar-refractivity contribution in [3.8, 4) is 11.5 Å². The zero-order valence-corrected chi connectivity index (χ0v) is 15.6. The van der Waals surface area contributed by atoms with Gasteiger partial charge in [-0.3, -0.25) is 25.2 Å². The van der Waals surface area contributed by atoms with E-state index in [-0.39, 0.29) is 17.6 Å². The molecule has 26 heavy (non-hydrogen) atoms. The van der Waals surface area contributed by atoms with E-state index in [0.717, 1.165) is 11.5 Å². The number of hydrogen-bond acceptors (Lipinski definition) is 6. The molecule has 1 fully saturated rings. The average Bonchev–Trinajstić information content (AvgIpc) is 3.04. The van der Waals surface area contributed by atoms with Crippen molar-refractivity contribution in [2.24, 2.45) is 0 Å². The van der Waals surface area contributed by atoms with E-state index in [4.69, 9.17) is 9.47 Å². The number of carbonyl (C=O) groups excluding carboxylic acids is 3. The van der Waals surface area contributed by atoms with Gasteiger partial charge in [0.15, 0.2) is 6.10 Å². The maximum atomic E-state index is 12.0. The van der Waals surface area contributed by atoms with Gasteiger partial charge in [0.2, 0.25) is 5.91 Å². The number of carbonyl (C=O) groups is 3. The molecule has 0 spiro atoms. The smallest absolute Gasteiger partial charge is 0.281 e. The zero-order chi connectivity index (χ0) is 18.9. The monoisotopic (exact) mass is 381 g/mol. The lowest BCUT2D eigenvalue weighted by atomic mass is 10.3. The Morgan fingerprint density at radius 3 is 2.54 bits per heavy atom. The Labute approximate surface area is 156 Å². The summed E-state index contributed by atoms with van der Waals surface area (Å²) in [4.78, 5) is 36.8. The largest absolute Gasteiger partial charge is 0.494 e. The van der Waals surface area contributed by atoms with Crippen molar-refractivity contribution < 1.29 is 23.9 Å². The summed E-state index contributed by atoms with van der Waals surface area (Å²) in [6.07, 6.45) is -0.662. The quantitative estimate of drug-likeness (QED) is 0.664. The highest BCUT2D eigenvalue weighted by molar-refractivity contribution is 8.13. The Hall–Kier alpha value is -2.42. The fourth-order valence-electron chi connectivity index (χ4n) is 2.20. The van der Waals surface area contributed by atoms with E-state index < -0.39 is 12.0 Å². The third-order valence-corrected chi connectivity index (χ3v) is 4.49. The maximum absolute atomic E-state index is 12.0. The maximum Gasteiger partial charge on any atom is 0.281 e. The number of benzene rings is 1. The summed E-state index contributed by atoms with van der Waals surface area (Å²) in [7, 11) is 0. The van der Waals surface area contributed by atoms with E-state index in [9.17, 15) is 14.4 Å². The number of ether oxygens (including phenoxy) is 2. The van der Waals surface area contributed by atoms with Crippen molar-refractivity contribution >= 4 is 28.8 Å². The molecule has 0 saturated carbocycles. The lowest BCUT2D eigenvalue weighted by molar-refractivity contribution is -0.132. The highest BCUT2D eigenvalue weighted by Crippen LogP contribution is 2.19. The lowest BCUT2D eigenvalue weighted by Crippen LogP contribution is -2.47. The summed E-state index contributed by atoms with van der Waals surface area (Å²) in [5, 5.41) is -0.0146. The molecule has 1 aromatic rings. The third kappa shape index (κ3) is 6.14. The van der Waals surface area contributed by atoms with Crippen LogP contribution in [0.15, 0.2) is 24.3 Å². The van der Waals surface area contributed by atoms with Gasteiger partial charge in [0, 0.05) is 25.3 Å². The summed E-state index contributed by atoms with van der Waals surface area (Å²) in [6, 6.07) is 6.92. The van der Waals surface area contributed by atoms with Crippen molar-refractivity contribution in [2.45, 2.75) is 26.4 Å². The summed E-state index contributed by atoms with van der Waals surface area (Å²) >= 11 is 1.24. The van der Waals surface area contributed by atoms with E-state index >= 15 is 0 Å². The molecule has 8 nitrogen and oxygen atoms in total. The molecular formula is C17H23N3O5S. The molecule has 0 bridgehead atoms. The van der Waals surface area contributed by atoms with E-state index in [1.54, 1.807) is 36.1 Å². The van der Waals surface area contributed by atoms with Crippen LogP contribution in [0.25, 0.3) is 0 Å². The van der Waals surface area contributed by atoms with E-state index in [1.165, 1.54) is 11.8 Å². The van der Waals surface area contributed by atoms with Crippen LogP contribution in [0.1, 0.15) is 20.3 Å². The van der Waals surface area contributed by atoms with E-state index in [1.807, 2.05) is 6.92 Å². The van der Waals surface area contributed by atoms with Crippen LogP contribution >= 0.6 is 11.8 Å². The van der Waals surface area contributed by atoms with Crippen molar-refractivity contribution in [2.75, 3.05) is 25.4 Å². The van der Waals surface area contributed by atoms with E-state index in [0.29, 0.717) is 25.4 Å². The first-order valence-electron chi connectivity index (χ1n) is 8.39. The van der Waals surface area contributed by atoms with Gasteiger partial charge in [0.25, 0.3) is 11.1 Å². The minimum atomic E-state index is -0.787. The number of amides is 3. The first-order valence-corrected chi connectivity index (χ1v) is 9.38. The first-order chi connectivity index (χ1) is 12.5. The van der Waals surface area contributed by atoms with Crippen LogP contribution in [0.4, 0.5) is 4.79 Å². The number of hydrazine groups is 1. The third-order valence-electron chi connectivity index (χ3n) is 3.60. The molecule has 0 aliphatic carbocycles. The van der Waals surface area contributed by atoms with Crippen molar-refractivity contribution in [1.29, 1.82) is 0 Å². The molecule has 1 unspecified atom stereocenters. The summed E-state index contributed by atoms with van der Waals surface area (Å²) in [6.45, 7) is 5.04. The predicted octanol–water partition coefficient (Wildman–Crippen LogP) is 1.56. The molecule has 2 rings (SSSR count). The van der Waals surface area contributed by atoms with Crippen LogP contribution in [0.2, 0.25) is 0 Å². The molecule has 1 aliphatic heterocycles. The van der Waals surface area contributed by atoms with Gasteiger partial charge in [0.05, 0.1) is 6.61 Å². The molecule has 2 N–H and O–H groups in total. The normalized spacial score (nSPS) is 14.7. The van der Waals surface area contributed by atoms with Gasteiger partial charge in [-0.05, 0) is 38.1 Å². The van der Waals surface area contributed by atoms with Gasteiger partial charge in [-0.15, -0.1) is 0 Å². The van der Waals surface area contributed by atoms with Gasteiger partial charge in [-0.25, -0.2) is 0 Å². The van der Waals surface area contributed by atoms with Crippen molar-refractivity contribution in [3.05, 3.63) is 24.3 Å². The molecular weight excluding hydrogens is 358 g/mol. The van der Waals surface area contributed by atoms with Crippen LogP contribution in [0.3, 0.4) is 0 Å². The second kappa shape index (κ2) is 9.91. The van der Waals surface area contributed by atoms with Crippen molar-refractivity contribution in [1.82, 2.24) is 15.8 Å². The molecule has 1 atom stereocenters. The number of hydrogen-bond donors (Lipinski definition) is 2. The second-order valence-electron chi connectivity index (χ2n) is 5.55. The fraction of sp³-hybridized carbons (Fsp3) is 0.471. The van der Waals surface area contributed by atoms with Gasteiger partial charge in [0.1, 0.15) is 11.5 Å². The second-order valence-corrected chi connectivity index (χ2v) is 6.60. The summed E-state index contributed by atoms with van der Waals surface area (Å²) in [5.74, 6) is 1.15. The summed E-state index contributed by atoms with van der Waals surface area (Å²) in [5.41, 5.74) is 4.65. The van der Waals surface area contributed by atoms with Gasteiger partial charge >= 0.3 is 0 Å². The minimum Gasteiger partial charge on any atom is -0.494 e. The molecule has 142 valence electrons. The predicted molar refractivity (Wildman–Crippen MR) is 98.0 cm³/mol. The number of nitrogens with zero attached hydrogens (tertiary/aromatic N) is 1. The number of thioether (sulfide) groups is 1. The Bertz CT molecular complexity index is 638. The van der Waals surface area contributed by atoms with Crippen LogP contribution in [0.5, 0.6) is 11.5 Å². The Balaban J connectivity index is 1.69. The summed E-state index contributed by atoms with van der Waals surface area (Å²) < 4.78 is 10.9. The highest BCUT2D eigenvalue weighted by Gasteiger charge is 2.21. The van der Waals surface area contributed by atoms with Gasteiger partial charge in [-0.1, -0.05) is 11.8 Å². The minimum absolute atomic E-state index is 0.0146. The zero-order valence-electron chi connectivity index (χ0n) is 14.8. The molecule has 3 amide bonds. The van der Waals surface area contributed by atoms with Crippen LogP contribution in [-0.4, -0.2) is 53.5 Å². The van der Waals surface area contributed by atoms with Gasteiger partial charge in [-0.2, -0.15) is 0 Å². The molecule has 9 heteroatoms. The molecule has 0 radical (unpaired) electrons. The Morgan fingerprint density at radius 1 is 1.23 bits per heavy atom. The molecule has 1 saturated heterocycles. The molecule has 1 aromatic carbocycles. The molecule has 0 aromatic heterocycles. The SMILES string of the molecule is CCOc1ccc(OC(C)C(=O)NNC(=O)CCN2CCSC2=O)cc1. The number of rotatable bonds is 8. The number of nitrogens with one attached hydrogen (secondary N) is 2. The Morgan fingerprint density at radius 2 is 1.92 bits per heavy atom. The van der Waals surface area contributed by atoms with Crippen LogP contribution in [-0.2, 0) is 9.59 Å². The fourth-order valence-corrected chi connectivity index (χ4v) is 3.05. The van der Waals surface area contributed by atoms with Gasteiger partial charge < -0.3 is 14.4 Å². The van der Waals surface area contributed by atoms with Crippen LogP contribution < -0.4 is 20.3 Å².